The topological polar surface area (TPSA) is 43.4 Å². The van der Waals surface area contributed by atoms with E-state index in [1.807, 2.05) is 0 Å². The van der Waals surface area contributed by atoms with Gasteiger partial charge in [-0.25, -0.2) is 8.42 Å². The monoisotopic (exact) mass is 216 g/mol. The molecule has 2 unspecified atom stereocenters. The van der Waals surface area contributed by atoms with Gasteiger partial charge in [-0.2, -0.15) is 0 Å². The lowest BCUT2D eigenvalue weighted by Crippen LogP contribution is -2.31. The molecule has 0 N–H and O–H groups in total. The minimum absolute atomic E-state index is 0.229. The Morgan fingerprint density at radius 2 is 2.00 bits per heavy atom. The summed E-state index contributed by atoms with van der Waals surface area (Å²) < 4.78 is 28.7. The van der Waals surface area contributed by atoms with E-state index in [4.69, 9.17) is 4.74 Å². The van der Waals surface area contributed by atoms with Gasteiger partial charge >= 0.3 is 0 Å². The van der Waals surface area contributed by atoms with E-state index in [2.05, 4.69) is 0 Å². The highest BCUT2D eigenvalue weighted by molar-refractivity contribution is 7.93. The number of sulfone groups is 1. The van der Waals surface area contributed by atoms with Crippen LogP contribution in [0.3, 0.4) is 0 Å². The Bertz CT molecular complexity index is 338. The summed E-state index contributed by atoms with van der Waals surface area (Å²) in [5.41, 5.74) is 0. The van der Waals surface area contributed by atoms with Crippen LogP contribution in [0.5, 0.6) is 0 Å². The van der Waals surface area contributed by atoms with Gasteiger partial charge < -0.3 is 4.74 Å². The van der Waals surface area contributed by atoms with E-state index in [1.54, 1.807) is 7.11 Å². The van der Waals surface area contributed by atoms with E-state index in [-0.39, 0.29) is 10.5 Å². The second kappa shape index (κ2) is 2.53. The first-order chi connectivity index (χ1) is 6.66. The highest BCUT2D eigenvalue weighted by Crippen LogP contribution is 2.85. The zero-order valence-electron chi connectivity index (χ0n) is 8.40. The number of hydrogen-bond acceptors (Lipinski definition) is 3. The van der Waals surface area contributed by atoms with E-state index < -0.39 is 9.84 Å². The Morgan fingerprint density at radius 3 is 2.50 bits per heavy atom. The second-order valence-electron chi connectivity index (χ2n) is 4.83. The van der Waals surface area contributed by atoms with Gasteiger partial charge in [0.25, 0.3) is 0 Å². The number of hydrogen-bond donors (Lipinski definition) is 0. The first-order valence-corrected chi connectivity index (χ1v) is 7.02. The predicted octanol–water partition coefficient (Wildman–Crippen LogP) is 0.846. The number of rotatable bonds is 4. The molecule has 0 radical (unpaired) electrons. The van der Waals surface area contributed by atoms with Crippen LogP contribution in [0, 0.1) is 17.8 Å². The van der Waals surface area contributed by atoms with Crippen LogP contribution in [0.2, 0.25) is 0 Å². The summed E-state index contributed by atoms with van der Waals surface area (Å²) in [4.78, 5) is 0. The van der Waals surface area contributed by atoms with Crippen molar-refractivity contribution >= 4 is 9.84 Å². The van der Waals surface area contributed by atoms with Gasteiger partial charge in [0, 0.05) is 7.11 Å². The van der Waals surface area contributed by atoms with Gasteiger partial charge in [-0.05, 0) is 30.6 Å². The summed E-state index contributed by atoms with van der Waals surface area (Å²) in [5, 5.41) is 0. The van der Waals surface area contributed by atoms with Gasteiger partial charge in [-0.3, -0.25) is 0 Å². The lowest BCUT2D eigenvalue weighted by Gasteiger charge is -2.24. The molecule has 0 aromatic carbocycles. The smallest absolute Gasteiger partial charge is 0.159 e. The molecule has 3 aliphatic carbocycles. The minimum atomic E-state index is -2.86. The molecule has 0 heterocycles. The molecule has 0 aliphatic heterocycles. The van der Waals surface area contributed by atoms with Crippen molar-refractivity contribution in [3.05, 3.63) is 0 Å². The molecular weight excluding hydrogens is 200 g/mol. The molecule has 3 aliphatic rings. The molecule has 3 saturated carbocycles. The second-order valence-corrected chi connectivity index (χ2v) is 7.18. The van der Waals surface area contributed by atoms with Crippen LogP contribution in [0.15, 0.2) is 0 Å². The SMILES string of the molecule is COCCS(=O)(=O)C12C3CCCC1C32. The highest BCUT2D eigenvalue weighted by atomic mass is 32.2. The summed E-state index contributed by atoms with van der Waals surface area (Å²) in [5.74, 6) is 1.84. The maximum atomic E-state index is 12.0. The van der Waals surface area contributed by atoms with E-state index in [1.165, 1.54) is 6.42 Å². The van der Waals surface area contributed by atoms with Gasteiger partial charge in [0.05, 0.1) is 17.1 Å². The van der Waals surface area contributed by atoms with E-state index in [9.17, 15) is 8.42 Å². The summed E-state index contributed by atoms with van der Waals surface area (Å²) in [6.45, 7) is 0.357. The van der Waals surface area contributed by atoms with Crippen molar-refractivity contribution in [1.82, 2.24) is 0 Å². The molecule has 3 rings (SSSR count). The van der Waals surface area contributed by atoms with Crippen molar-refractivity contribution in [3.8, 4) is 0 Å². The Hall–Kier alpha value is -0.0900. The number of methoxy groups -OCH3 is 1. The first kappa shape index (κ1) is 9.16. The van der Waals surface area contributed by atoms with Gasteiger partial charge in [0.15, 0.2) is 9.84 Å². The molecule has 0 amide bonds. The third-order valence-corrected chi connectivity index (χ3v) is 7.11. The molecule has 0 spiro atoms. The molecule has 0 saturated heterocycles. The van der Waals surface area contributed by atoms with Gasteiger partial charge in [0.1, 0.15) is 0 Å². The quantitative estimate of drug-likeness (QED) is 0.699. The Kier molecular flexibility index (Phi) is 1.65. The summed E-state index contributed by atoms with van der Waals surface area (Å²) in [6.07, 6.45) is 3.54. The third kappa shape index (κ3) is 0.807. The fourth-order valence-corrected chi connectivity index (χ4v) is 6.61. The average Bonchev–Trinajstić information content (AvgIpc) is 3.04. The molecular formula is C10H16O3S. The van der Waals surface area contributed by atoms with Crippen LogP contribution in [0.1, 0.15) is 19.3 Å². The molecule has 0 aromatic rings. The largest absolute Gasteiger partial charge is 0.384 e. The fraction of sp³-hybridized carbons (Fsp3) is 1.00. The maximum absolute atomic E-state index is 12.0. The molecule has 2 atom stereocenters. The van der Waals surface area contributed by atoms with E-state index >= 15 is 0 Å². The first-order valence-electron chi connectivity index (χ1n) is 5.37. The van der Waals surface area contributed by atoms with Crippen molar-refractivity contribution in [1.29, 1.82) is 0 Å². The predicted molar refractivity (Wildman–Crippen MR) is 52.7 cm³/mol. The zero-order chi connectivity index (χ0) is 9.97. The number of ether oxygens (including phenoxy) is 1. The van der Waals surface area contributed by atoms with Crippen molar-refractivity contribution in [3.63, 3.8) is 0 Å². The van der Waals surface area contributed by atoms with Crippen LogP contribution < -0.4 is 0 Å². The number of fused-ring (bicyclic) bond motifs is 2. The van der Waals surface area contributed by atoms with Gasteiger partial charge in [-0.15, -0.1) is 0 Å². The molecule has 0 bridgehead atoms. The Labute approximate surface area is 84.7 Å². The van der Waals surface area contributed by atoms with Crippen molar-refractivity contribution < 1.29 is 13.2 Å². The summed E-state index contributed by atoms with van der Waals surface area (Å²) in [6, 6.07) is 0. The van der Waals surface area contributed by atoms with Crippen LogP contribution in [-0.2, 0) is 14.6 Å². The third-order valence-electron chi connectivity index (χ3n) is 4.45. The van der Waals surface area contributed by atoms with Crippen molar-refractivity contribution in [2.75, 3.05) is 19.5 Å². The van der Waals surface area contributed by atoms with E-state index in [0.29, 0.717) is 24.4 Å². The van der Waals surface area contributed by atoms with Crippen LogP contribution in [0.4, 0.5) is 0 Å². The molecule has 0 aromatic heterocycles. The normalized spacial score (nSPS) is 48.5. The molecule has 4 heteroatoms. The molecule has 14 heavy (non-hydrogen) atoms. The maximum Gasteiger partial charge on any atom is 0.159 e. The summed E-state index contributed by atoms with van der Waals surface area (Å²) in [7, 11) is -1.30. The molecule has 3 fully saturated rings. The minimum Gasteiger partial charge on any atom is -0.384 e. The lowest BCUT2D eigenvalue weighted by atomic mass is 9.88. The standard InChI is InChI=1S/C10H16O3S/c1-13-5-6-14(11,12)10-7-3-2-4-8(10)9(7)10/h7-9H,2-6H2,1H3. The van der Waals surface area contributed by atoms with E-state index in [0.717, 1.165) is 12.8 Å². The van der Waals surface area contributed by atoms with Crippen molar-refractivity contribution in [2.45, 2.75) is 24.0 Å². The highest BCUT2D eigenvalue weighted by Gasteiger charge is 2.92. The van der Waals surface area contributed by atoms with Crippen LogP contribution in [0.25, 0.3) is 0 Å². The Morgan fingerprint density at radius 1 is 1.36 bits per heavy atom. The van der Waals surface area contributed by atoms with Crippen LogP contribution >= 0.6 is 0 Å². The molecule has 3 nitrogen and oxygen atoms in total. The lowest BCUT2D eigenvalue weighted by molar-refractivity contribution is 0.216. The molecule has 80 valence electrons. The van der Waals surface area contributed by atoms with Crippen molar-refractivity contribution in [2.24, 2.45) is 17.8 Å². The van der Waals surface area contributed by atoms with Crippen LogP contribution in [-0.4, -0.2) is 32.6 Å². The van der Waals surface area contributed by atoms with Gasteiger partial charge in [0.2, 0.25) is 0 Å². The van der Waals surface area contributed by atoms with Gasteiger partial charge in [-0.1, -0.05) is 6.42 Å². The summed E-state index contributed by atoms with van der Waals surface area (Å²) >= 11 is 0. The zero-order valence-corrected chi connectivity index (χ0v) is 9.22. The Balaban J connectivity index is 1.78. The average molecular weight is 216 g/mol. The fourth-order valence-electron chi connectivity index (χ4n) is 3.81.